The number of methoxy groups -OCH3 is 3. The van der Waals surface area contributed by atoms with Gasteiger partial charge in [-0.25, -0.2) is 0 Å². The van der Waals surface area contributed by atoms with Crippen LogP contribution in [0.3, 0.4) is 0 Å². The minimum Gasteiger partial charge on any atom is -0.506 e. The molecule has 2 aliphatic rings. The Bertz CT molecular complexity index is 1390. The number of carbonyl (C=O) groups is 2. The van der Waals surface area contributed by atoms with Gasteiger partial charge < -0.3 is 28.8 Å². The Balaban J connectivity index is 1.76. The Labute approximate surface area is 213 Å². The number of rotatable bonds is 6. The highest BCUT2D eigenvalue weighted by Gasteiger charge is 2.48. The van der Waals surface area contributed by atoms with Crippen molar-refractivity contribution in [3.8, 4) is 28.7 Å². The summed E-state index contributed by atoms with van der Waals surface area (Å²) in [4.78, 5) is 28.4. The number of anilines is 1. The first kappa shape index (κ1) is 24.1. The van der Waals surface area contributed by atoms with Crippen LogP contribution in [0.2, 0.25) is 0 Å². The number of carbonyl (C=O) groups excluding carboxylic acids is 2. The maximum atomic E-state index is 13.6. The lowest BCUT2D eigenvalue weighted by Gasteiger charge is -2.27. The fourth-order valence-electron chi connectivity index (χ4n) is 4.63. The van der Waals surface area contributed by atoms with Gasteiger partial charge in [-0.05, 0) is 42.0 Å². The van der Waals surface area contributed by atoms with Gasteiger partial charge in [0, 0.05) is 11.8 Å². The van der Waals surface area contributed by atoms with E-state index in [0.29, 0.717) is 41.7 Å². The number of benzene rings is 3. The molecular formula is C28H25NO8. The van der Waals surface area contributed by atoms with E-state index in [2.05, 4.69) is 0 Å². The van der Waals surface area contributed by atoms with Gasteiger partial charge in [-0.2, -0.15) is 0 Å². The fraction of sp³-hybridized carbons (Fsp3) is 0.214. The van der Waals surface area contributed by atoms with Gasteiger partial charge in [-0.15, -0.1) is 0 Å². The van der Waals surface area contributed by atoms with Crippen molar-refractivity contribution in [1.29, 1.82) is 0 Å². The molecule has 1 amide bonds. The highest BCUT2D eigenvalue weighted by atomic mass is 16.6. The standard InChI is InChI=1S/C28H25NO8/c1-33-18-7-4-6-16(14-18)25-24(26(30)23-20(34-2)8-5-9-21(23)35-3)27(31)28(32)29(25)17-10-11-19-22(15-17)37-13-12-36-19/h4-11,14-15,25,30H,12-13H2,1-3H3/b26-24+. The van der Waals surface area contributed by atoms with Crippen LogP contribution in [0.5, 0.6) is 28.7 Å². The minimum absolute atomic E-state index is 0.115. The summed E-state index contributed by atoms with van der Waals surface area (Å²) in [6, 6.07) is 16.0. The quantitative estimate of drug-likeness (QED) is 0.305. The number of hydrogen-bond donors (Lipinski definition) is 1. The molecule has 3 aromatic rings. The highest BCUT2D eigenvalue weighted by Crippen LogP contribution is 2.47. The number of fused-ring (bicyclic) bond motifs is 1. The Morgan fingerprint density at radius 1 is 0.865 bits per heavy atom. The Kier molecular flexibility index (Phi) is 6.35. The highest BCUT2D eigenvalue weighted by molar-refractivity contribution is 6.51. The lowest BCUT2D eigenvalue weighted by atomic mass is 9.94. The third kappa shape index (κ3) is 4.08. The Morgan fingerprint density at radius 3 is 2.22 bits per heavy atom. The van der Waals surface area contributed by atoms with E-state index >= 15 is 0 Å². The van der Waals surface area contributed by atoms with Gasteiger partial charge in [0.05, 0.1) is 32.9 Å². The van der Waals surface area contributed by atoms with Gasteiger partial charge in [0.2, 0.25) is 0 Å². The molecule has 1 N–H and O–H groups in total. The summed E-state index contributed by atoms with van der Waals surface area (Å²) in [5.41, 5.74) is 1.02. The number of hydrogen-bond acceptors (Lipinski definition) is 8. The summed E-state index contributed by atoms with van der Waals surface area (Å²) in [5.74, 6) is 0.0250. The molecule has 0 bridgehead atoms. The summed E-state index contributed by atoms with van der Waals surface area (Å²) < 4.78 is 27.6. The molecule has 5 rings (SSSR count). The number of ether oxygens (including phenoxy) is 5. The van der Waals surface area contributed by atoms with Crippen molar-refractivity contribution in [2.24, 2.45) is 0 Å². The average molecular weight is 504 g/mol. The van der Waals surface area contributed by atoms with Crippen LogP contribution >= 0.6 is 0 Å². The fourth-order valence-corrected chi connectivity index (χ4v) is 4.63. The van der Waals surface area contributed by atoms with E-state index in [4.69, 9.17) is 23.7 Å². The summed E-state index contributed by atoms with van der Waals surface area (Å²) in [6.07, 6.45) is 0. The Morgan fingerprint density at radius 2 is 1.54 bits per heavy atom. The van der Waals surface area contributed by atoms with Gasteiger partial charge in [-0.1, -0.05) is 18.2 Å². The predicted molar refractivity (Wildman–Crippen MR) is 135 cm³/mol. The molecule has 37 heavy (non-hydrogen) atoms. The zero-order valence-corrected chi connectivity index (χ0v) is 20.5. The minimum atomic E-state index is -0.979. The summed E-state index contributed by atoms with van der Waals surface area (Å²) in [6.45, 7) is 0.781. The second-order valence-corrected chi connectivity index (χ2v) is 8.31. The number of aliphatic hydroxyl groups is 1. The number of aliphatic hydroxyl groups excluding tert-OH is 1. The van der Waals surface area contributed by atoms with Crippen LogP contribution in [-0.2, 0) is 9.59 Å². The molecule has 1 atom stereocenters. The molecule has 1 saturated heterocycles. The van der Waals surface area contributed by atoms with Crippen molar-refractivity contribution in [2.45, 2.75) is 6.04 Å². The van der Waals surface area contributed by atoms with Crippen molar-refractivity contribution in [1.82, 2.24) is 0 Å². The number of Topliss-reactive ketones (excluding diaryl/α,β-unsaturated/α-hetero) is 1. The van der Waals surface area contributed by atoms with Crippen molar-refractivity contribution in [3.63, 3.8) is 0 Å². The molecule has 0 aromatic heterocycles. The maximum Gasteiger partial charge on any atom is 0.300 e. The average Bonchev–Trinajstić information content (AvgIpc) is 3.21. The van der Waals surface area contributed by atoms with E-state index < -0.39 is 23.5 Å². The molecule has 190 valence electrons. The van der Waals surface area contributed by atoms with E-state index in [-0.39, 0.29) is 22.6 Å². The van der Waals surface area contributed by atoms with Gasteiger partial charge >= 0.3 is 0 Å². The summed E-state index contributed by atoms with van der Waals surface area (Å²) in [5, 5.41) is 11.6. The zero-order chi connectivity index (χ0) is 26.1. The van der Waals surface area contributed by atoms with E-state index in [0.717, 1.165) is 0 Å². The van der Waals surface area contributed by atoms with Crippen molar-refractivity contribution < 1.29 is 38.4 Å². The molecule has 2 heterocycles. The second-order valence-electron chi connectivity index (χ2n) is 8.31. The Hall–Kier alpha value is -4.66. The largest absolute Gasteiger partial charge is 0.506 e. The van der Waals surface area contributed by atoms with Crippen LogP contribution in [0, 0.1) is 0 Å². The molecular weight excluding hydrogens is 478 g/mol. The molecule has 0 aliphatic carbocycles. The lowest BCUT2D eigenvalue weighted by molar-refractivity contribution is -0.132. The third-order valence-corrected chi connectivity index (χ3v) is 6.32. The van der Waals surface area contributed by atoms with Crippen LogP contribution in [0.15, 0.2) is 66.2 Å². The first-order chi connectivity index (χ1) is 18.0. The molecule has 0 saturated carbocycles. The number of amides is 1. The first-order valence-electron chi connectivity index (χ1n) is 11.5. The van der Waals surface area contributed by atoms with Crippen LogP contribution in [0.25, 0.3) is 5.76 Å². The monoisotopic (exact) mass is 503 g/mol. The van der Waals surface area contributed by atoms with Crippen molar-refractivity contribution >= 4 is 23.1 Å². The second kappa shape index (κ2) is 9.77. The van der Waals surface area contributed by atoms with Gasteiger partial charge in [-0.3, -0.25) is 14.5 Å². The molecule has 1 unspecified atom stereocenters. The predicted octanol–water partition coefficient (Wildman–Crippen LogP) is 4.11. The first-order valence-corrected chi connectivity index (χ1v) is 11.5. The molecule has 9 nitrogen and oxygen atoms in total. The van der Waals surface area contributed by atoms with Crippen LogP contribution in [-0.4, -0.2) is 51.3 Å². The normalized spacial score (nSPS) is 18.0. The van der Waals surface area contributed by atoms with Crippen LogP contribution in [0.1, 0.15) is 17.2 Å². The summed E-state index contributed by atoms with van der Waals surface area (Å²) >= 11 is 0. The summed E-state index contributed by atoms with van der Waals surface area (Å²) in [7, 11) is 4.41. The SMILES string of the molecule is COc1cccc(C2/C(=C(\O)c3c(OC)cccc3OC)C(=O)C(=O)N2c2ccc3c(c2)OCCO3)c1. The van der Waals surface area contributed by atoms with E-state index in [1.165, 1.54) is 26.2 Å². The van der Waals surface area contributed by atoms with Crippen LogP contribution < -0.4 is 28.6 Å². The van der Waals surface area contributed by atoms with Gasteiger partial charge in [0.25, 0.3) is 11.7 Å². The number of nitrogens with zero attached hydrogens (tertiary/aromatic N) is 1. The van der Waals surface area contributed by atoms with Gasteiger partial charge in [0.1, 0.15) is 41.8 Å². The smallest absolute Gasteiger partial charge is 0.300 e. The molecule has 0 spiro atoms. The number of ketones is 1. The molecule has 3 aromatic carbocycles. The van der Waals surface area contributed by atoms with Gasteiger partial charge in [0.15, 0.2) is 11.5 Å². The van der Waals surface area contributed by atoms with Crippen molar-refractivity contribution in [2.75, 3.05) is 39.4 Å². The maximum absolute atomic E-state index is 13.6. The van der Waals surface area contributed by atoms with Crippen molar-refractivity contribution in [3.05, 3.63) is 77.4 Å². The van der Waals surface area contributed by atoms with E-state index in [9.17, 15) is 14.7 Å². The topological polar surface area (TPSA) is 104 Å². The zero-order valence-electron chi connectivity index (χ0n) is 20.5. The molecule has 0 radical (unpaired) electrons. The van der Waals surface area contributed by atoms with E-state index in [1.54, 1.807) is 60.7 Å². The molecule has 9 heteroatoms. The van der Waals surface area contributed by atoms with E-state index in [1.807, 2.05) is 0 Å². The molecule has 1 fully saturated rings. The third-order valence-electron chi connectivity index (χ3n) is 6.32. The van der Waals surface area contributed by atoms with Crippen LogP contribution in [0.4, 0.5) is 5.69 Å². The lowest BCUT2D eigenvalue weighted by Crippen LogP contribution is -2.29. The molecule has 2 aliphatic heterocycles.